The van der Waals surface area contributed by atoms with Crippen LogP contribution in [-0.2, 0) is 13.0 Å². The molecule has 2 aliphatic rings. The SMILES string of the molecule is Cc1ccc(NC(=O)N2CCc3nc(N4CCCCC4)nc(Oc4ccc(F)c(F)c4)c3C2)cc1. The third kappa shape index (κ3) is 5.18. The fraction of sp³-hybridized carbons (Fsp3) is 0.346. The van der Waals surface area contributed by atoms with Gasteiger partial charge in [-0.25, -0.2) is 18.6 Å². The normalized spacial score (nSPS) is 15.5. The van der Waals surface area contributed by atoms with Gasteiger partial charge < -0.3 is 19.9 Å². The third-order valence-corrected chi connectivity index (χ3v) is 6.35. The molecule has 2 aliphatic heterocycles. The molecule has 0 bridgehead atoms. The van der Waals surface area contributed by atoms with Gasteiger partial charge in [0.15, 0.2) is 11.6 Å². The lowest BCUT2D eigenvalue weighted by Gasteiger charge is -2.32. The minimum absolute atomic E-state index is 0.135. The molecule has 5 rings (SSSR count). The van der Waals surface area contributed by atoms with Gasteiger partial charge in [-0.15, -0.1) is 0 Å². The van der Waals surface area contributed by atoms with Crippen molar-refractivity contribution < 1.29 is 18.3 Å². The van der Waals surface area contributed by atoms with Gasteiger partial charge >= 0.3 is 6.03 Å². The molecule has 3 aromatic rings. The zero-order chi connectivity index (χ0) is 24.4. The highest BCUT2D eigenvalue weighted by molar-refractivity contribution is 5.89. The summed E-state index contributed by atoms with van der Waals surface area (Å²) in [6.07, 6.45) is 3.83. The fourth-order valence-corrected chi connectivity index (χ4v) is 4.36. The Morgan fingerprint density at radius 2 is 1.74 bits per heavy atom. The number of carbonyl (C=O) groups is 1. The molecule has 1 saturated heterocycles. The fourth-order valence-electron chi connectivity index (χ4n) is 4.36. The lowest BCUT2D eigenvalue weighted by Crippen LogP contribution is -2.40. The molecule has 0 aliphatic carbocycles. The number of rotatable bonds is 4. The molecule has 3 heterocycles. The first-order valence-electron chi connectivity index (χ1n) is 11.9. The molecule has 2 amide bonds. The Bertz CT molecular complexity index is 1230. The number of benzene rings is 2. The Balaban J connectivity index is 1.43. The maximum atomic E-state index is 13.8. The van der Waals surface area contributed by atoms with Crippen LogP contribution in [-0.4, -0.2) is 40.5 Å². The van der Waals surface area contributed by atoms with E-state index in [1.54, 1.807) is 4.90 Å². The Kier molecular flexibility index (Phi) is 6.48. The summed E-state index contributed by atoms with van der Waals surface area (Å²) < 4.78 is 33.2. The molecule has 0 atom stereocenters. The van der Waals surface area contributed by atoms with E-state index in [-0.39, 0.29) is 24.2 Å². The topological polar surface area (TPSA) is 70.6 Å². The molecule has 1 fully saturated rings. The average Bonchev–Trinajstić information content (AvgIpc) is 2.88. The van der Waals surface area contributed by atoms with E-state index in [9.17, 15) is 13.6 Å². The van der Waals surface area contributed by atoms with E-state index in [1.165, 1.54) is 12.5 Å². The maximum Gasteiger partial charge on any atom is 0.322 e. The summed E-state index contributed by atoms with van der Waals surface area (Å²) in [4.78, 5) is 26.2. The number of carbonyl (C=O) groups excluding carboxylic acids is 1. The Labute approximate surface area is 202 Å². The van der Waals surface area contributed by atoms with E-state index in [0.717, 1.165) is 49.3 Å². The van der Waals surface area contributed by atoms with Gasteiger partial charge in [0.25, 0.3) is 0 Å². The van der Waals surface area contributed by atoms with Crippen LogP contribution in [0.2, 0.25) is 0 Å². The van der Waals surface area contributed by atoms with E-state index < -0.39 is 11.6 Å². The van der Waals surface area contributed by atoms with Gasteiger partial charge in [0.1, 0.15) is 5.75 Å². The number of aromatic nitrogens is 2. The van der Waals surface area contributed by atoms with Crippen molar-refractivity contribution in [2.24, 2.45) is 0 Å². The molecule has 7 nitrogen and oxygen atoms in total. The number of urea groups is 1. The summed E-state index contributed by atoms with van der Waals surface area (Å²) in [6.45, 7) is 4.43. The van der Waals surface area contributed by atoms with Gasteiger partial charge in [-0.2, -0.15) is 4.98 Å². The summed E-state index contributed by atoms with van der Waals surface area (Å²) in [5, 5.41) is 2.92. The second kappa shape index (κ2) is 9.85. The molecule has 0 spiro atoms. The number of ether oxygens (including phenoxy) is 1. The first-order chi connectivity index (χ1) is 17.0. The van der Waals surface area contributed by atoms with Crippen LogP contribution in [0, 0.1) is 18.6 Å². The van der Waals surface area contributed by atoms with Crippen LogP contribution < -0.4 is 15.0 Å². The van der Waals surface area contributed by atoms with E-state index in [1.807, 2.05) is 31.2 Å². The number of hydrogen-bond acceptors (Lipinski definition) is 5. The Morgan fingerprint density at radius 3 is 2.49 bits per heavy atom. The number of amides is 2. The highest BCUT2D eigenvalue weighted by Crippen LogP contribution is 2.32. The number of anilines is 2. The van der Waals surface area contributed by atoms with E-state index in [2.05, 4.69) is 15.2 Å². The number of halogens is 2. The van der Waals surface area contributed by atoms with Crippen LogP contribution in [0.3, 0.4) is 0 Å². The van der Waals surface area contributed by atoms with Crippen molar-refractivity contribution in [2.75, 3.05) is 29.9 Å². The molecular weight excluding hydrogens is 452 g/mol. The van der Waals surface area contributed by atoms with Crippen LogP contribution in [0.25, 0.3) is 0 Å². The summed E-state index contributed by atoms with van der Waals surface area (Å²) in [5.74, 6) is -0.987. The Hall–Kier alpha value is -3.75. The standard InChI is InChI=1S/C26H27F2N5O2/c1-17-5-7-18(8-6-17)29-26(34)33-14-11-23-20(16-33)24(35-19-9-10-21(27)22(28)15-19)31-25(30-23)32-12-3-2-4-13-32/h5-10,15H,2-4,11-14,16H2,1H3,(H,29,34). The van der Waals surface area contributed by atoms with Crippen LogP contribution in [0.15, 0.2) is 42.5 Å². The van der Waals surface area contributed by atoms with Crippen LogP contribution in [0.4, 0.5) is 25.2 Å². The number of fused-ring (bicyclic) bond motifs is 1. The maximum absolute atomic E-state index is 13.8. The molecule has 1 N–H and O–H groups in total. The second-order valence-corrected chi connectivity index (χ2v) is 8.95. The van der Waals surface area contributed by atoms with Gasteiger partial charge in [-0.05, 0) is 50.5 Å². The van der Waals surface area contributed by atoms with E-state index >= 15 is 0 Å². The summed E-state index contributed by atoms with van der Waals surface area (Å²) in [7, 11) is 0. The average molecular weight is 480 g/mol. The minimum atomic E-state index is -0.999. The van der Waals surface area contributed by atoms with Crippen molar-refractivity contribution in [3.8, 4) is 11.6 Å². The van der Waals surface area contributed by atoms with Crippen LogP contribution in [0.5, 0.6) is 11.6 Å². The zero-order valence-electron chi connectivity index (χ0n) is 19.6. The number of nitrogens with zero attached hydrogens (tertiary/aromatic N) is 4. The van der Waals surface area contributed by atoms with Crippen molar-refractivity contribution in [3.63, 3.8) is 0 Å². The van der Waals surface area contributed by atoms with Gasteiger partial charge in [-0.1, -0.05) is 17.7 Å². The first kappa shape index (κ1) is 23.0. The molecule has 9 heteroatoms. The molecule has 0 saturated carbocycles. The van der Waals surface area contributed by atoms with Gasteiger partial charge in [0.05, 0.1) is 17.8 Å². The van der Waals surface area contributed by atoms with Crippen molar-refractivity contribution in [1.82, 2.24) is 14.9 Å². The summed E-state index contributed by atoms with van der Waals surface area (Å²) in [6, 6.07) is 10.7. The second-order valence-electron chi connectivity index (χ2n) is 8.95. The predicted octanol–water partition coefficient (Wildman–Crippen LogP) is 5.44. The molecule has 2 aromatic carbocycles. The molecule has 182 valence electrons. The zero-order valence-corrected chi connectivity index (χ0v) is 19.6. The molecular formula is C26H27F2N5O2. The number of hydrogen-bond donors (Lipinski definition) is 1. The lowest BCUT2D eigenvalue weighted by atomic mass is 10.1. The summed E-state index contributed by atoms with van der Waals surface area (Å²) >= 11 is 0. The number of aryl methyl sites for hydroxylation is 1. The molecule has 1 aromatic heterocycles. The van der Waals surface area contributed by atoms with Crippen LogP contribution in [0.1, 0.15) is 36.1 Å². The number of piperidine rings is 1. The van der Waals surface area contributed by atoms with Gasteiger partial charge in [0.2, 0.25) is 11.8 Å². The molecule has 35 heavy (non-hydrogen) atoms. The van der Waals surface area contributed by atoms with Gasteiger partial charge in [-0.3, -0.25) is 0 Å². The third-order valence-electron chi connectivity index (χ3n) is 6.35. The van der Waals surface area contributed by atoms with Crippen molar-refractivity contribution in [2.45, 2.75) is 39.2 Å². The lowest BCUT2D eigenvalue weighted by molar-refractivity contribution is 0.205. The molecule has 0 radical (unpaired) electrons. The first-order valence-corrected chi connectivity index (χ1v) is 11.9. The monoisotopic (exact) mass is 479 g/mol. The van der Waals surface area contributed by atoms with E-state index in [4.69, 9.17) is 9.72 Å². The highest BCUT2D eigenvalue weighted by atomic mass is 19.2. The van der Waals surface area contributed by atoms with Crippen molar-refractivity contribution in [1.29, 1.82) is 0 Å². The van der Waals surface area contributed by atoms with E-state index in [0.29, 0.717) is 30.2 Å². The highest BCUT2D eigenvalue weighted by Gasteiger charge is 2.28. The minimum Gasteiger partial charge on any atom is -0.438 e. The smallest absolute Gasteiger partial charge is 0.322 e. The number of nitrogens with one attached hydrogen (secondary N) is 1. The van der Waals surface area contributed by atoms with Crippen molar-refractivity contribution >= 4 is 17.7 Å². The molecule has 0 unspecified atom stereocenters. The Morgan fingerprint density at radius 1 is 0.971 bits per heavy atom. The van der Waals surface area contributed by atoms with Crippen molar-refractivity contribution in [3.05, 3.63) is 70.9 Å². The quantitative estimate of drug-likeness (QED) is 0.540. The van der Waals surface area contributed by atoms with Crippen LogP contribution >= 0.6 is 0 Å². The largest absolute Gasteiger partial charge is 0.438 e. The predicted molar refractivity (Wildman–Crippen MR) is 129 cm³/mol. The summed E-state index contributed by atoms with van der Waals surface area (Å²) in [5.41, 5.74) is 3.29. The van der Waals surface area contributed by atoms with Gasteiger partial charge in [0, 0.05) is 37.8 Å².